The van der Waals surface area contributed by atoms with Crippen LogP contribution in [0.2, 0.25) is 5.02 Å². The summed E-state index contributed by atoms with van der Waals surface area (Å²) in [4.78, 5) is 0. The molecule has 1 rings (SSSR count). The second kappa shape index (κ2) is 6.15. The summed E-state index contributed by atoms with van der Waals surface area (Å²) in [6.07, 6.45) is 0. The van der Waals surface area contributed by atoms with Crippen molar-refractivity contribution in [1.82, 2.24) is 5.32 Å². The van der Waals surface area contributed by atoms with Crippen LogP contribution in [0.25, 0.3) is 0 Å². The molecule has 0 amide bonds. The van der Waals surface area contributed by atoms with Crippen LogP contribution in [0, 0.1) is 12.7 Å². The third-order valence-corrected chi connectivity index (χ3v) is 2.64. The molecule has 1 aromatic carbocycles. The molecule has 0 spiro atoms. The first kappa shape index (κ1) is 13.4. The van der Waals surface area contributed by atoms with Gasteiger partial charge >= 0.3 is 0 Å². The maximum Gasteiger partial charge on any atom is 0.126 e. The molecule has 0 aliphatic heterocycles. The van der Waals surface area contributed by atoms with Crippen LogP contribution in [0.5, 0.6) is 0 Å². The van der Waals surface area contributed by atoms with E-state index in [1.807, 2.05) is 0 Å². The Balaban J connectivity index is 2.57. The molecule has 1 aromatic rings. The van der Waals surface area contributed by atoms with Gasteiger partial charge in [0.05, 0.1) is 6.61 Å². The molecule has 0 saturated heterocycles. The van der Waals surface area contributed by atoms with E-state index in [1.54, 1.807) is 13.0 Å². The zero-order chi connectivity index (χ0) is 12.1. The number of hydrogen-bond acceptors (Lipinski definition) is 3. The SMILES string of the molecule is Cc1cc(Cl)c(CNCC(N)CO)cc1F. The Labute approximate surface area is 99.4 Å². The number of benzene rings is 1. The van der Waals surface area contributed by atoms with Crippen molar-refractivity contribution in [3.05, 3.63) is 34.1 Å². The quantitative estimate of drug-likeness (QED) is 0.732. The Hall–Kier alpha value is -0.680. The van der Waals surface area contributed by atoms with Crippen LogP contribution in [0.1, 0.15) is 11.1 Å². The summed E-state index contributed by atoms with van der Waals surface area (Å²) in [6, 6.07) is 2.70. The highest BCUT2D eigenvalue weighted by molar-refractivity contribution is 6.31. The number of hydrogen-bond donors (Lipinski definition) is 3. The minimum absolute atomic E-state index is 0.0804. The molecule has 0 aliphatic rings. The molecule has 90 valence electrons. The lowest BCUT2D eigenvalue weighted by Crippen LogP contribution is -2.36. The van der Waals surface area contributed by atoms with Crippen molar-refractivity contribution >= 4 is 11.6 Å². The van der Waals surface area contributed by atoms with Gasteiger partial charge < -0.3 is 16.2 Å². The normalized spacial score (nSPS) is 12.8. The molecule has 0 aliphatic carbocycles. The highest BCUT2D eigenvalue weighted by Crippen LogP contribution is 2.20. The molecular formula is C11H16ClFN2O. The summed E-state index contributed by atoms with van der Waals surface area (Å²) in [6.45, 7) is 2.48. The number of nitrogens with one attached hydrogen (secondary N) is 1. The third-order valence-electron chi connectivity index (χ3n) is 2.28. The van der Waals surface area contributed by atoms with Gasteiger partial charge in [0.2, 0.25) is 0 Å². The van der Waals surface area contributed by atoms with Gasteiger partial charge in [-0.25, -0.2) is 4.39 Å². The largest absolute Gasteiger partial charge is 0.395 e. The monoisotopic (exact) mass is 246 g/mol. The summed E-state index contributed by atoms with van der Waals surface area (Å²) < 4.78 is 13.3. The summed E-state index contributed by atoms with van der Waals surface area (Å²) >= 11 is 5.96. The summed E-state index contributed by atoms with van der Waals surface area (Å²) in [5.74, 6) is -0.271. The van der Waals surface area contributed by atoms with E-state index in [-0.39, 0.29) is 18.5 Å². The average Bonchev–Trinajstić information content (AvgIpc) is 2.25. The molecule has 0 bridgehead atoms. The fraction of sp³-hybridized carbons (Fsp3) is 0.455. The molecule has 4 N–H and O–H groups in total. The van der Waals surface area contributed by atoms with Gasteiger partial charge in [0.15, 0.2) is 0 Å². The zero-order valence-corrected chi connectivity index (χ0v) is 9.89. The van der Waals surface area contributed by atoms with Gasteiger partial charge in [0.25, 0.3) is 0 Å². The van der Waals surface area contributed by atoms with Crippen molar-refractivity contribution < 1.29 is 9.50 Å². The Morgan fingerprint density at radius 3 is 2.88 bits per heavy atom. The molecule has 1 unspecified atom stereocenters. The van der Waals surface area contributed by atoms with E-state index in [0.717, 1.165) is 0 Å². The van der Waals surface area contributed by atoms with Gasteiger partial charge in [-0.2, -0.15) is 0 Å². The minimum Gasteiger partial charge on any atom is -0.395 e. The first-order chi connectivity index (χ1) is 7.54. The molecule has 3 nitrogen and oxygen atoms in total. The van der Waals surface area contributed by atoms with Crippen molar-refractivity contribution in [1.29, 1.82) is 0 Å². The van der Waals surface area contributed by atoms with E-state index in [9.17, 15) is 4.39 Å². The predicted molar refractivity (Wildman–Crippen MR) is 62.9 cm³/mol. The number of aliphatic hydroxyl groups is 1. The van der Waals surface area contributed by atoms with E-state index in [2.05, 4.69) is 5.32 Å². The standard InChI is InChI=1S/C11H16ClFN2O/c1-7-2-10(12)8(3-11(7)13)4-15-5-9(14)6-16/h2-3,9,15-16H,4-6,14H2,1H3. The Bertz CT molecular complexity index is 360. The van der Waals surface area contributed by atoms with Crippen LogP contribution in [-0.4, -0.2) is 24.3 Å². The topological polar surface area (TPSA) is 58.3 Å². The van der Waals surface area contributed by atoms with Crippen LogP contribution < -0.4 is 11.1 Å². The average molecular weight is 247 g/mol. The molecule has 0 saturated carbocycles. The maximum absolute atomic E-state index is 13.3. The minimum atomic E-state index is -0.311. The lowest BCUT2D eigenvalue weighted by atomic mass is 10.1. The van der Waals surface area contributed by atoms with Crippen molar-refractivity contribution in [2.45, 2.75) is 19.5 Å². The smallest absolute Gasteiger partial charge is 0.126 e. The van der Waals surface area contributed by atoms with E-state index < -0.39 is 0 Å². The van der Waals surface area contributed by atoms with Crippen molar-refractivity contribution in [3.8, 4) is 0 Å². The first-order valence-corrected chi connectivity index (χ1v) is 5.44. The highest BCUT2D eigenvalue weighted by atomic mass is 35.5. The van der Waals surface area contributed by atoms with E-state index in [0.29, 0.717) is 29.2 Å². The predicted octanol–water partition coefficient (Wildman–Crippen LogP) is 1.20. The molecule has 0 fully saturated rings. The second-order valence-electron chi connectivity index (χ2n) is 3.77. The molecule has 1 atom stereocenters. The summed E-state index contributed by atoms with van der Waals surface area (Å²) in [7, 11) is 0. The number of rotatable bonds is 5. The number of nitrogens with two attached hydrogens (primary N) is 1. The van der Waals surface area contributed by atoms with Crippen LogP contribution in [0.4, 0.5) is 4.39 Å². The number of aryl methyl sites for hydroxylation is 1. The van der Waals surface area contributed by atoms with E-state index in [1.165, 1.54) is 6.07 Å². The number of halogens is 2. The molecule has 0 heterocycles. The summed E-state index contributed by atoms with van der Waals surface area (Å²) in [5.41, 5.74) is 6.73. The van der Waals surface area contributed by atoms with Gasteiger partial charge in [0.1, 0.15) is 5.82 Å². The third kappa shape index (κ3) is 3.72. The van der Waals surface area contributed by atoms with Gasteiger partial charge in [-0.15, -0.1) is 0 Å². The van der Waals surface area contributed by atoms with E-state index in [4.69, 9.17) is 22.4 Å². The number of aliphatic hydroxyl groups excluding tert-OH is 1. The lowest BCUT2D eigenvalue weighted by molar-refractivity contribution is 0.262. The second-order valence-corrected chi connectivity index (χ2v) is 4.17. The van der Waals surface area contributed by atoms with Crippen LogP contribution in [0.15, 0.2) is 12.1 Å². The van der Waals surface area contributed by atoms with Crippen molar-refractivity contribution in [2.24, 2.45) is 5.73 Å². The van der Waals surface area contributed by atoms with Crippen LogP contribution in [-0.2, 0) is 6.54 Å². The Kier molecular flexibility index (Phi) is 5.15. The lowest BCUT2D eigenvalue weighted by Gasteiger charge is -2.11. The van der Waals surface area contributed by atoms with E-state index >= 15 is 0 Å². The van der Waals surface area contributed by atoms with Crippen molar-refractivity contribution in [3.63, 3.8) is 0 Å². The molecule has 0 aromatic heterocycles. The van der Waals surface area contributed by atoms with Gasteiger partial charge in [-0.05, 0) is 30.2 Å². The zero-order valence-electron chi connectivity index (χ0n) is 9.13. The van der Waals surface area contributed by atoms with Gasteiger partial charge in [-0.1, -0.05) is 11.6 Å². The highest BCUT2D eigenvalue weighted by Gasteiger charge is 2.06. The van der Waals surface area contributed by atoms with Gasteiger partial charge in [-0.3, -0.25) is 0 Å². The fourth-order valence-electron chi connectivity index (χ4n) is 1.28. The Morgan fingerprint density at radius 1 is 1.56 bits per heavy atom. The molecule has 0 radical (unpaired) electrons. The van der Waals surface area contributed by atoms with Crippen LogP contribution >= 0.6 is 11.6 Å². The summed E-state index contributed by atoms with van der Waals surface area (Å²) in [5, 5.41) is 12.3. The van der Waals surface area contributed by atoms with Crippen LogP contribution in [0.3, 0.4) is 0 Å². The molecule has 16 heavy (non-hydrogen) atoms. The molecular weight excluding hydrogens is 231 g/mol. The molecule has 5 heteroatoms. The maximum atomic E-state index is 13.3. The Morgan fingerprint density at radius 2 is 2.25 bits per heavy atom. The fourth-order valence-corrected chi connectivity index (χ4v) is 1.56. The van der Waals surface area contributed by atoms with Crippen molar-refractivity contribution in [2.75, 3.05) is 13.2 Å². The van der Waals surface area contributed by atoms with Gasteiger partial charge in [0, 0.05) is 24.2 Å². The first-order valence-electron chi connectivity index (χ1n) is 5.06.